The van der Waals surface area contributed by atoms with Crippen molar-refractivity contribution < 1.29 is 9.32 Å². The van der Waals surface area contributed by atoms with Crippen molar-refractivity contribution in [2.45, 2.75) is 6.92 Å². The van der Waals surface area contributed by atoms with Crippen LogP contribution >= 0.6 is 11.6 Å². The molecule has 3 nitrogen and oxygen atoms in total. The van der Waals surface area contributed by atoms with Gasteiger partial charge in [-0.2, -0.15) is 0 Å². The van der Waals surface area contributed by atoms with Gasteiger partial charge in [-0.15, -0.1) is 0 Å². The van der Waals surface area contributed by atoms with Crippen molar-refractivity contribution in [3.05, 3.63) is 28.4 Å². The average molecular weight is 196 g/mol. The molecule has 2 aromatic rings. The van der Waals surface area contributed by atoms with Crippen LogP contribution in [-0.4, -0.2) is 11.4 Å². The quantitative estimate of drug-likeness (QED) is 0.657. The maximum atomic E-state index is 10.7. The summed E-state index contributed by atoms with van der Waals surface area (Å²) >= 11 is 5.83. The topological polar surface area (TPSA) is 43.1 Å². The van der Waals surface area contributed by atoms with Gasteiger partial charge in [-0.25, -0.2) is 0 Å². The van der Waals surface area contributed by atoms with E-state index in [1.807, 2.05) is 0 Å². The summed E-state index contributed by atoms with van der Waals surface area (Å²) in [5.41, 5.74) is 1.71. The summed E-state index contributed by atoms with van der Waals surface area (Å²) in [4.78, 5) is 10.7. The Morgan fingerprint density at radius 3 is 3.00 bits per heavy atom. The number of aromatic nitrogens is 1. The predicted octanol–water partition coefficient (Wildman–Crippen LogP) is 2.60. The molecule has 0 radical (unpaired) electrons. The molecule has 0 saturated heterocycles. The Kier molecular flexibility index (Phi) is 1.81. The SMILES string of the molecule is Cc1noc2ccc(Cl)c(C=O)c12. The maximum absolute atomic E-state index is 10.7. The molecule has 0 bridgehead atoms. The van der Waals surface area contributed by atoms with Crippen LogP contribution in [0.5, 0.6) is 0 Å². The Morgan fingerprint density at radius 2 is 2.31 bits per heavy atom. The third kappa shape index (κ3) is 1.12. The average Bonchev–Trinajstić information content (AvgIpc) is 2.49. The van der Waals surface area contributed by atoms with Crippen LogP contribution in [0.3, 0.4) is 0 Å². The standard InChI is InChI=1S/C9H6ClNO2/c1-5-9-6(4-12)7(10)2-3-8(9)13-11-5/h2-4H,1H3. The fourth-order valence-corrected chi connectivity index (χ4v) is 1.50. The van der Waals surface area contributed by atoms with Gasteiger partial charge in [0.1, 0.15) is 0 Å². The summed E-state index contributed by atoms with van der Waals surface area (Å²) < 4.78 is 4.98. The number of benzene rings is 1. The lowest BCUT2D eigenvalue weighted by Crippen LogP contribution is -1.84. The van der Waals surface area contributed by atoms with Gasteiger partial charge in [0, 0.05) is 5.56 Å². The highest BCUT2D eigenvalue weighted by molar-refractivity contribution is 6.34. The number of hydrogen-bond donors (Lipinski definition) is 0. The molecule has 0 aliphatic heterocycles. The van der Waals surface area contributed by atoms with Gasteiger partial charge in [-0.3, -0.25) is 4.79 Å². The first kappa shape index (κ1) is 8.26. The summed E-state index contributed by atoms with van der Waals surface area (Å²) in [6, 6.07) is 3.32. The molecule has 0 fully saturated rings. The number of hydrogen-bond acceptors (Lipinski definition) is 3. The van der Waals surface area contributed by atoms with E-state index in [2.05, 4.69) is 5.16 Å². The van der Waals surface area contributed by atoms with E-state index >= 15 is 0 Å². The highest BCUT2D eigenvalue weighted by atomic mass is 35.5. The van der Waals surface area contributed by atoms with Crippen LogP contribution in [0.25, 0.3) is 11.0 Å². The van der Waals surface area contributed by atoms with Crippen molar-refractivity contribution in [2.24, 2.45) is 0 Å². The maximum Gasteiger partial charge on any atom is 0.167 e. The van der Waals surface area contributed by atoms with E-state index in [-0.39, 0.29) is 0 Å². The number of aryl methyl sites for hydroxylation is 1. The lowest BCUT2D eigenvalue weighted by atomic mass is 10.1. The fourth-order valence-electron chi connectivity index (χ4n) is 1.30. The van der Waals surface area contributed by atoms with E-state index in [9.17, 15) is 4.79 Å². The Labute approximate surface area is 79.3 Å². The molecule has 13 heavy (non-hydrogen) atoms. The van der Waals surface area contributed by atoms with Gasteiger partial charge in [0.15, 0.2) is 11.9 Å². The number of carbonyl (C=O) groups is 1. The monoisotopic (exact) mass is 195 g/mol. The van der Waals surface area contributed by atoms with E-state index in [0.717, 1.165) is 6.29 Å². The molecule has 1 aromatic carbocycles. The zero-order valence-corrected chi connectivity index (χ0v) is 7.63. The van der Waals surface area contributed by atoms with Crippen molar-refractivity contribution in [2.75, 3.05) is 0 Å². The molecular formula is C9H6ClNO2. The first-order valence-corrected chi connectivity index (χ1v) is 4.11. The third-order valence-corrected chi connectivity index (χ3v) is 2.24. The number of rotatable bonds is 1. The van der Waals surface area contributed by atoms with Crippen LogP contribution in [0.15, 0.2) is 16.7 Å². The van der Waals surface area contributed by atoms with Gasteiger partial charge in [0.25, 0.3) is 0 Å². The number of carbonyl (C=O) groups excluding carboxylic acids is 1. The fraction of sp³-hybridized carbons (Fsp3) is 0.111. The zero-order valence-electron chi connectivity index (χ0n) is 6.87. The molecule has 2 rings (SSSR count). The van der Waals surface area contributed by atoms with Gasteiger partial charge in [-0.05, 0) is 19.1 Å². The summed E-state index contributed by atoms with van der Waals surface area (Å²) in [7, 11) is 0. The van der Waals surface area contributed by atoms with Crippen molar-refractivity contribution >= 4 is 28.9 Å². The molecule has 0 unspecified atom stereocenters. The molecule has 4 heteroatoms. The van der Waals surface area contributed by atoms with E-state index in [4.69, 9.17) is 16.1 Å². The van der Waals surface area contributed by atoms with E-state index in [0.29, 0.717) is 27.2 Å². The first-order chi connectivity index (χ1) is 6.24. The molecule has 0 aliphatic rings. The Hall–Kier alpha value is -1.35. The highest BCUT2D eigenvalue weighted by Crippen LogP contribution is 2.26. The molecule has 0 atom stereocenters. The molecule has 0 amide bonds. The third-order valence-electron chi connectivity index (χ3n) is 1.91. The minimum atomic E-state index is 0.425. The van der Waals surface area contributed by atoms with Crippen LogP contribution < -0.4 is 0 Å². The molecular weight excluding hydrogens is 190 g/mol. The minimum absolute atomic E-state index is 0.425. The van der Waals surface area contributed by atoms with Crippen LogP contribution in [0.2, 0.25) is 5.02 Å². The molecule has 0 spiro atoms. The second kappa shape index (κ2) is 2.85. The van der Waals surface area contributed by atoms with Crippen LogP contribution in [0, 0.1) is 6.92 Å². The van der Waals surface area contributed by atoms with Gasteiger partial charge in [0.2, 0.25) is 0 Å². The van der Waals surface area contributed by atoms with Crippen molar-refractivity contribution in [1.29, 1.82) is 0 Å². The largest absolute Gasteiger partial charge is 0.356 e. The van der Waals surface area contributed by atoms with Crippen molar-refractivity contribution in [3.63, 3.8) is 0 Å². The van der Waals surface area contributed by atoms with Crippen LogP contribution in [-0.2, 0) is 0 Å². The summed E-state index contributed by atoms with van der Waals surface area (Å²) in [5, 5.41) is 4.87. The summed E-state index contributed by atoms with van der Waals surface area (Å²) in [6.45, 7) is 1.77. The normalized spacial score (nSPS) is 10.6. The second-order valence-corrected chi connectivity index (χ2v) is 3.13. The van der Waals surface area contributed by atoms with E-state index in [1.165, 1.54) is 0 Å². The van der Waals surface area contributed by atoms with E-state index < -0.39 is 0 Å². The second-order valence-electron chi connectivity index (χ2n) is 2.72. The molecule has 0 N–H and O–H groups in total. The van der Waals surface area contributed by atoms with Crippen LogP contribution in [0.4, 0.5) is 0 Å². The van der Waals surface area contributed by atoms with Crippen molar-refractivity contribution in [1.82, 2.24) is 5.16 Å². The molecule has 1 heterocycles. The van der Waals surface area contributed by atoms with Gasteiger partial charge in [-0.1, -0.05) is 16.8 Å². The number of halogens is 1. The van der Waals surface area contributed by atoms with Crippen LogP contribution in [0.1, 0.15) is 16.1 Å². The zero-order chi connectivity index (χ0) is 9.42. The predicted molar refractivity (Wildman–Crippen MR) is 49.1 cm³/mol. The summed E-state index contributed by atoms with van der Waals surface area (Å²) in [6.07, 6.45) is 0.717. The van der Waals surface area contributed by atoms with Gasteiger partial charge < -0.3 is 4.52 Å². The van der Waals surface area contributed by atoms with Gasteiger partial charge >= 0.3 is 0 Å². The number of aldehydes is 1. The van der Waals surface area contributed by atoms with E-state index in [1.54, 1.807) is 19.1 Å². The lowest BCUT2D eigenvalue weighted by Gasteiger charge is -1.95. The smallest absolute Gasteiger partial charge is 0.167 e. The minimum Gasteiger partial charge on any atom is -0.356 e. The molecule has 66 valence electrons. The molecule has 0 saturated carbocycles. The van der Waals surface area contributed by atoms with Gasteiger partial charge in [0.05, 0.1) is 16.1 Å². The summed E-state index contributed by atoms with van der Waals surface area (Å²) in [5.74, 6) is 0. The Bertz CT molecular complexity index is 476. The van der Waals surface area contributed by atoms with Crippen molar-refractivity contribution in [3.8, 4) is 0 Å². The molecule has 0 aliphatic carbocycles. The Morgan fingerprint density at radius 1 is 1.54 bits per heavy atom. The molecule has 1 aromatic heterocycles. The highest BCUT2D eigenvalue weighted by Gasteiger charge is 2.11. The number of nitrogens with zero attached hydrogens (tertiary/aromatic N) is 1. The number of fused-ring (bicyclic) bond motifs is 1. The lowest BCUT2D eigenvalue weighted by molar-refractivity contribution is 0.112. The Balaban J connectivity index is 2.96. The first-order valence-electron chi connectivity index (χ1n) is 3.73.